The van der Waals surface area contributed by atoms with Crippen molar-refractivity contribution in [2.75, 3.05) is 6.54 Å². The van der Waals surface area contributed by atoms with Gasteiger partial charge < -0.3 is 5.32 Å². The van der Waals surface area contributed by atoms with E-state index in [0.29, 0.717) is 12.1 Å². The summed E-state index contributed by atoms with van der Waals surface area (Å²) in [5.41, 5.74) is -0.277. The van der Waals surface area contributed by atoms with Crippen molar-refractivity contribution in [3.63, 3.8) is 0 Å². The molecular formula is C15H16F3NO. The van der Waals surface area contributed by atoms with Gasteiger partial charge in [-0.15, -0.1) is 6.42 Å². The fourth-order valence-corrected chi connectivity index (χ4v) is 1.68. The molecule has 0 saturated carbocycles. The minimum absolute atomic E-state index is 0.0125. The largest absolute Gasteiger partial charge is 0.416 e. The van der Waals surface area contributed by atoms with Crippen LogP contribution in [-0.2, 0) is 17.4 Å². The Balaban J connectivity index is 2.81. The summed E-state index contributed by atoms with van der Waals surface area (Å²) in [7, 11) is 0. The average molecular weight is 283 g/mol. The number of carbonyl (C=O) groups is 1. The van der Waals surface area contributed by atoms with Crippen LogP contribution in [-0.4, -0.2) is 12.5 Å². The van der Waals surface area contributed by atoms with Gasteiger partial charge in [0.15, 0.2) is 0 Å². The van der Waals surface area contributed by atoms with Crippen LogP contribution in [0.15, 0.2) is 18.2 Å². The smallest absolute Gasteiger partial charge is 0.356 e. The molecule has 0 atom stereocenters. The number of hydrogen-bond donors (Lipinski definition) is 1. The van der Waals surface area contributed by atoms with Gasteiger partial charge in [0, 0.05) is 12.1 Å². The second kappa shape index (κ2) is 6.99. The van der Waals surface area contributed by atoms with Crippen molar-refractivity contribution >= 4 is 5.91 Å². The molecule has 1 rings (SSSR count). The van der Waals surface area contributed by atoms with Crippen LogP contribution in [0.25, 0.3) is 0 Å². The number of benzene rings is 1. The Morgan fingerprint density at radius 3 is 2.65 bits per heavy atom. The fourth-order valence-electron chi connectivity index (χ4n) is 1.68. The first kappa shape index (κ1) is 16.1. The summed E-state index contributed by atoms with van der Waals surface area (Å²) < 4.78 is 37.7. The molecule has 108 valence electrons. The van der Waals surface area contributed by atoms with Crippen molar-refractivity contribution in [3.05, 3.63) is 34.9 Å². The van der Waals surface area contributed by atoms with Gasteiger partial charge in [-0.05, 0) is 24.1 Å². The molecule has 0 radical (unpaired) electrons. The Kier molecular flexibility index (Phi) is 5.63. The third-order valence-electron chi connectivity index (χ3n) is 2.80. The van der Waals surface area contributed by atoms with Crippen molar-refractivity contribution in [2.24, 2.45) is 0 Å². The summed E-state index contributed by atoms with van der Waals surface area (Å²) in [6, 6.07) is 3.10. The van der Waals surface area contributed by atoms with Gasteiger partial charge in [0.2, 0.25) is 5.91 Å². The number of unbranched alkanes of at least 4 members (excludes halogenated alkanes) is 1. The molecule has 0 aliphatic heterocycles. The molecule has 1 N–H and O–H groups in total. The van der Waals surface area contributed by atoms with E-state index < -0.39 is 11.7 Å². The summed E-state index contributed by atoms with van der Waals surface area (Å²) in [4.78, 5) is 11.6. The lowest BCUT2D eigenvalue weighted by Crippen LogP contribution is -2.26. The van der Waals surface area contributed by atoms with Gasteiger partial charge >= 0.3 is 6.18 Å². The zero-order valence-electron chi connectivity index (χ0n) is 11.2. The Labute approximate surface area is 116 Å². The molecule has 0 spiro atoms. The molecule has 0 aliphatic carbocycles. The van der Waals surface area contributed by atoms with Crippen LogP contribution in [0.1, 0.15) is 36.5 Å². The standard InChI is InChI=1S/C15H16F3NO/c1-3-5-8-19-14(20)10-12-6-7-13(15(16,17)18)9-11(12)4-2/h2,6-7,9H,3,5,8,10H2,1H3,(H,19,20). The van der Waals surface area contributed by atoms with Crippen LogP contribution >= 0.6 is 0 Å². The SMILES string of the molecule is C#Cc1cc(C(F)(F)F)ccc1CC(=O)NCCCC. The highest BCUT2D eigenvalue weighted by molar-refractivity contribution is 5.79. The minimum Gasteiger partial charge on any atom is -0.356 e. The third-order valence-corrected chi connectivity index (χ3v) is 2.80. The van der Waals surface area contributed by atoms with Crippen LogP contribution < -0.4 is 5.32 Å². The molecule has 0 aromatic heterocycles. The lowest BCUT2D eigenvalue weighted by Gasteiger charge is -2.10. The van der Waals surface area contributed by atoms with E-state index in [1.54, 1.807) is 0 Å². The average Bonchev–Trinajstić information content (AvgIpc) is 2.38. The maximum Gasteiger partial charge on any atom is 0.416 e. The molecule has 2 nitrogen and oxygen atoms in total. The molecule has 0 saturated heterocycles. The Morgan fingerprint density at radius 1 is 1.40 bits per heavy atom. The minimum atomic E-state index is -4.44. The maximum atomic E-state index is 12.6. The van der Waals surface area contributed by atoms with Crippen LogP contribution in [0.4, 0.5) is 13.2 Å². The van der Waals surface area contributed by atoms with Gasteiger partial charge in [-0.2, -0.15) is 13.2 Å². The lowest BCUT2D eigenvalue weighted by molar-refractivity contribution is -0.137. The molecule has 0 unspecified atom stereocenters. The number of terminal acetylenes is 1. The maximum absolute atomic E-state index is 12.6. The zero-order valence-corrected chi connectivity index (χ0v) is 11.2. The quantitative estimate of drug-likeness (QED) is 0.653. The molecular weight excluding hydrogens is 267 g/mol. The molecule has 0 heterocycles. The van der Waals surface area contributed by atoms with E-state index in [1.165, 1.54) is 6.07 Å². The Morgan fingerprint density at radius 2 is 2.10 bits per heavy atom. The number of halogens is 3. The van der Waals surface area contributed by atoms with Gasteiger partial charge in [0.05, 0.1) is 12.0 Å². The van der Waals surface area contributed by atoms with E-state index in [-0.39, 0.29) is 17.9 Å². The highest BCUT2D eigenvalue weighted by atomic mass is 19.4. The Bertz CT molecular complexity index is 515. The van der Waals surface area contributed by atoms with Crippen LogP contribution in [0, 0.1) is 12.3 Å². The van der Waals surface area contributed by atoms with E-state index in [1.807, 2.05) is 6.92 Å². The lowest BCUT2D eigenvalue weighted by atomic mass is 10.0. The molecule has 1 amide bonds. The molecule has 5 heteroatoms. The monoisotopic (exact) mass is 283 g/mol. The van der Waals surface area contributed by atoms with Crippen molar-refractivity contribution in [1.29, 1.82) is 0 Å². The van der Waals surface area contributed by atoms with Gasteiger partial charge in [-0.3, -0.25) is 4.79 Å². The number of hydrogen-bond acceptors (Lipinski definition) is 1. The Hall–Kier alpha value is -1.96. The van der Waals surface area contributed by atoms with Crippen LogP contribution in [0.2, 0.25) is 0 Å². The normalized spacial score (nSPS) is 10.9. The molecule has 0 fully saturated rings. The van der Waals surface area contributed by atoms with Crippen molar-refractivity contribution in [2.45, 2.75) is 32.4 Å². The summed E-state index contributed by atoms with van der Waals surface area (Å²) in [6.45, 7) is 2.56. The zero-order chi connectivity index (χ0) is 15.2. The first-order valence-corrected chi connectivity index (χ1v) is 6.32. The van der Waals surface area contributed by atoms with E-state index in [9.17, 15) is 18.0 Å². The van der Waals surface area contributed by atoms with Crippen molar-refractivity contribution in [1.82, 2.24) is 5.32 Å². The predicted octanol–water partition coefficient (Wildman–Crippen LogP) is 3.15. The fraction of sp³-hybridized carbons (Fsp3) is 0.400. The number of rotatable bonds is 5. The molecule has 0 aliphatic rings. The highest BCUT2D eigenvalue weighted by Gasteiger charge is 2.30. The van der Waals surface area contributed by atoms with E-state index in [4.69, 9.17) is 6.42 Å². The van der Waals surface area contributed by atoms with Gasteiger partial charge in [0.25, 0.3) is 0 Å². The number of nitrogens with one attached hydrogen (secondary N) is 1. The number of alkyl halides is 3. The molecule has 0 bridgehead atoms. The second-order valence-corrected chi connectivity index (χ2v) is 4.39. The first-order chi connectivity index (χ1) is 9.38. The highest BCUT2D eigenvalue weighted by Crippen LogP contribution is 2.30. The summed E-state index contributed by atoms with van der Waals surface area (Å²) in [5, 5.41) is 2.70. The summed E-state index contributed by atoms with van der Waals surface area (Å²) in [6.07, 6.45) is 2.58. The first-order valence-electron chi connectivity index (χ1n) is 6.32. The van der Waals surface area contributed by atoms with E-state index >= 15 is 0 Å². The van der Waals surface area contributed by atoms with Gasteiger partial charge in [-0.25, -0.2) is 0 Å². The molecule has 1 aromatic carbocycles. The van der Waals surface area contributed by atoms with Crippen LogP contribution in [0.5, 0.6) is 0 Å². The van der Waals surface area contributed by atoms with Crippen LogP contribution in [0.3, 0.4) is 0 Å². The number of carbonyl (C=O) groups excluding carboxylic acids is 1. The number of amides is 1. The summed E-state index contributed by atoms with van der Waals surface area (Å²) in [5.74, 6) is 1.96. The van der Waals surface area contributed by atoms with E-state index in [0.717, 1.165) is 25.0 Å². The van der Waals surface area contributed by atoms with Gasteiger partial charge in [-0.1, -0.05) is 25.3 Å². The van der Waals surface area contributed by atoms with Crippen molar-refractivity contribution < 1.29 is 18.0 Å². The molecule has 20 heavy (non-hydrogen) atoms. The van der Waals surface area contributed by atoms with E-state index in [2.05, 4.69) is 11.2 Å². The van der Waals surface area contributed by atoms with Crippen molar-refractivity contribution in [3.8, 4) is 12.3 Å². The molecule has 1 aromatic rings. The third kappa shape index (κ3) is 4.61. The topological polar surface area (TPSA) is 29.1 Å². The second-order valence-electron chi connectivity index (χ2n) is 4.39. The summed E-state index contributed by atoms with van der Waals surface area (Å²) >= 11 is 0. The van der Waals surface area contributed by atoms with Gasteiger partial charge in [0.1, 0.15) is 0 Å². The predicted molar refractivity (Wildman–Crippen MR) is 71.0 cm³/mol.